The molecule has 1 amide bonds. The molecule has 3 rings (SSSR count). The summed E-state index contributed by atoms with van der Waals surface area (Å²) in [6.45, 7) is 3.38. The van der Waals surface area contributed by atoms with Crippen molar-refractivity contribution in [2.24, 2.45) is 0 Å². The van der Waals surface area contributed by atoms with E-state index in [-0.39, 0.29) is 5.89 Å². The highest BCUT2D eigenvalue weighted by Gasteiger charge is 2.30. The number of anilines is 1. The van der Waals surface area contributed by atoms with Crippen LogP contribution in [0.15, 0.2) is 46.3 Å². The van der Waals surface area contributed by atoms with Gasteiger partial charge in [0.1, 0.15) is 11.0 Å². The molecule has 1 aromatic carbocycles. The van der Waals surface area contributed by atoms with Gasteiger partial charge in [-0.25, -0.2) is 8.42 Å². The zero-order valence-electron chi connectivity index (χ0n) is 14.9. The van der Waals surface area contributed by atoms with Gasteiger partial charge in [-0.1, -0.05) is 30.3 Å². The molecule has 7 nitrogen and oxygen atoms in total. The number of benzene rings is 1. The van der Waals surface area contributed by atoms with E-state index in [2.05, 4.69) is 15.5 Å². The van der Waals surface area contributed by atoms with Gasteiger partial charge in [-0.3, -0.25) is 4.79 Å². The highest BCUT2D eigenvalue weighted by atomic mass is 32.2. The van der Waals surface area contributed by atoms with E-state index in [1.165, 1.54) is 18.3 Å². The number of aryl methyl sites for hydroxylation is 1. The molecule has 1 atom stereocenters. The molecule has 0 radical (unpaired) electrons. The summed E-state index contributed by atoms with van der Waals surface area (Å²) in [5.41, 5.74) is 1.68. The van der Waals surface area contributed by atoms with E-state index in [0.717, 1.165) is 16.9 Å². The van der Waals surface area contributed by atoms with Gasteiger partial charge in [0.15, 0.2) is 9.84 Å². The molecule has 1 unspecified atom stereocenters. The van der Waals surface area contributed by atoms with E-state index < -0.39 is 26.7 Å². The molecular formula is C18H19N3O4S2. The first-order valence-corrected chi connectivity index (χ1v) is 11.0. The molecule has 9 heteroatoms. The van der Waals surface area contributed by atoms with Gasteiger partial charge in [-0.2, -0.15) is 4.98 Å². The number of amides is 1. The molecule has 0 aliphatic heterocycles. The normalized spacial score (nSPS) is 12.7. The van der Waals surface area contributed by atoms with E-state index in [4.69, 9.17) is 4.52 Å². The summed E-state index contributed by atoms with van der Waals surface area (Å²) >= 11 is 1.42. The van der Waals surface area contributed by atoms with Crippen LogP contribution in [0.2, 0.25) is 0 Å². The Hall–Kier alpha value is -2.52. The Balaban J connectivity index is 1.67. The second-order valence-corrected chi connectivity index (χ2v) is 9.25. The molecule has 0 spiro atoms. The molecule has 142 valence electrons. The van der Waals surface area contributed by atoms with Gasteiger partial charge in [-0.15, -0.1) is 11.3 Å². The minimum absolute atomic E-state index is 0.0367. The van der Waals surface area contributed by atoms with Crippen molar-refractivity contribution in [3.05, 3.63) is 53.2 Å². The molecule has 2 heterocycles. The van der Waals surface area contributed by atoms with Gasteiger partial charge in [0, 0.05) is 5.69 Å². The smallest absolute Gasteiger partial charge is 0.242 e. The fourth-order valence-electron chi connectivity index (χ4n) is 2.35. The first-order valence-electron chi connectivity index (χ1n) is 8.37. The monoisotopic (exact) mass is 405 g/mol. The first kappa shape index (κ1) is 19.2. The van der Waals surface area contributed by atoms with Gasteiger partial charge >= 0.3 is 0 Å². The van der Waals surface area contributed by atoms with Crippen molar-refractivity contribution in [1.82, 2.24) is 10.1 Å². The summed E-state index contributed by atoms with van der Waals surface area (Å²) in [4.78, 5) is 17.2. The van der Waals surface area contributed by atoms with Crippen LogP contribution in [0.25, 0.3) is 10.7 Å². The van der Waals surface area contributed by atoms with Crippen LogP contribution in [0, 0.1) is 0 Å². The summed E-state index contributed by atoms with van der Waals surface area (Å²) < 4.78 is 30.1. The third-order valence-corrected chi connectivity index (χ3v) is 6.88. The van der Waals surface area contributed by atoms with E-state index in [1.807, 2.05) is 36.6 Å². The molecule has 1 N–H and O–H groups in total. The Bertz CT molecular complexity index is 1010. The molecule has 27 heavy (non-hydrogen) atoms. The Kier molecular flexibility index (Phi) is 5.71. The standard InChI is InChI=1S/C18H19N3O4S2/c1-3-13-6-8-14(9-7-13)19-18(22)12(2)27(23,24)11-16-20-17(21-25-16)15-5-4-10-26-15/h4-10,12H,3,11H2,1-2H3,(H,19,22). The SMILES string of the molecule is CCc1ccc(NC(=O)C(C)S(=O)(=O)Cc2nc(-c3cccs3)no2)cc1. The first-order chi connectivity index (χ1) is 12.9. The van der Waals surface area contributed by atoms with Crippen LogP contribution in [0.5, 0.6) is 0 Å². The molecule has 0 aliphatic carbocycles. The summed E-state index contributed by atoms with van der Waals surface area (Å²) in [5, 5.41) is 7.03. The third-order valence-electron chi connectivity index (χ3n) is 4.07. The predicted octanol–water partition coefficient (Wildman–Crippen LogP) is 3.30. The average molecular weight is 406 g/mol. The minimum Gasteiger partial charge on any atom is -0.338 e. The van der Waals surface area contributed by atoms with Crippen molar-refractivity contribution >= 4 is 32.8 Å². The van der Waals surface area contributed by atoms with E-state index >= 15 is 0 Å². The van der Waals surface area contributed by atoms with E-state index in [9.17, 15) is 13.2 Å². The van der Waals surface area contributed by atoms with Gasteiger partial charge in [0.2, 0.25) is 17.6 Å². The summed E-state index contributed by atoms with van der Waals surface area (Å²) in [7, 11) is -3.81. The molecule has 0 saturated heterocycles. The predicted molar refractivity (Wildman–Crippen MR) is 104 cm³/mol. The van der Waals surface area contributed by atoms with Crippen molar-refractivity contribution < 1.29 is 17.7 Å². The van der Waals surface area contributed by atoms with Crippen molar-refractivity contribution in [2.45, 2.75) is 31.3 Å². The molecule has 3 aromatic rings. The Morgan fingerprint density at radius 3 is 2.63 bits per heavy atom. The number of thiophene rings is 1. The fraction of sp³-hybridized carbons (Fsp3) is 0.278. The van der Waals surface area contributed by atoms with E-state index in [1.54, 1.807) is 12.1 Å². The fourth-order valence-corrected chi connectivity index (χ4v) is 4.09. The van der Waals surface area contributed by atoms with Crippen LogP contribution < -0.4 is 5.32 Å². The number of nitrogens with one attached hydrogen (secondary N) is 1. The number of carbonyl (C=O) groups excluding carboxylic acids is 1. The number of rotatable bonds is 7. The summed E-state index contributed by atoms with van der Waals surface area (Å²) in [6, 6.07) is 10.9. The zero-order chi connectivity index (χ0) is 19.4. The number of carbonyl (C=O) groups is 1. The Morgan fingerprint density at radius 1 is 1.26 bits per heavy atom. The quantitative estimate of drug-likeness (QED) is 0.647. The van der Waals surface area contributed by atoms with Crippen LogP contribution in [0.4, 0.5) is 5.69 Å². The van der Waals surface area contributed by atoms with Crippen molar-refractivity contribution in [3.63, 3.8) is 0 Å². The number of sulfone groups is 1. The van der Waals surface area contributed by atoms with E-state index in [0.29, 0.717) is 11.5 Å². The van der Waals surface area contributed by atoms with Gasteiger partial charge < -0.3 is 9.84 Å². The number of hydrogen-bond acceptors (Lipinski definition) is 7. The lowest BCUT2D eigenvalue weighted by Gasteiger charge is -2.12. The number of nitrogens with zero attached hydrogens (tertiary/aromatic N) is 2. The van der Waals surface area contributed by atoms with Crippen LogP contribution in [0.3, 0.4) is 0 Å². The third kappa shape index (κ3) is 4.61. The lowest BCUT2D eigenvalue weighted by molar-refractivity contribution is -0.115. The largest absolute Gasteiger partial charge is 0.338 e. The zero-order valence-corrected chi connectivity index (χ0v) is 16.5. The second-order valence-electron chi connectivity index (χ2n) is 5.98. The average Bonchev–Trinajstić information content (AvgIpc) is 3.33. The topological polar surface area (TPSA) is 102 Å². The Morgan fingerprint density at radius 2 is 2.00 bits per heavy atom. The van der Waals surface area contributed by atoms with Crippen LogP contribution in [-0.2, 0) is 26.8 Å². The molecular weight excluding hydrogens is 386 g/mol. The van der Waals surface area contributed by atoms with Crippen molar-refractivity contribution in [2.75, 3.05) is 5.32 Å². The van der Waals surface area contributed by atoms with Gasteiger partial charge in [-0.05, 0) is 42.5 Å². The minimum atomic E-state index is -3.81. The molecule has 0 fully saturated rings. The number of aromatic nitrogens is 2. The second kappa shape index (κ2) is 8.01. The van der Waals surface area contributed by atoms with Crippen LogP contribution in [0.1, 0.15) is 25.3 Å². The molecule has 0 bridgehead atoms. The summed E-state index contributed by atoms with van der Waals surface area (Å²) in [6.07, 6.45) is 0.886. The Labute approximate surface area is 161 Å². The maximum absolute atomic E-state index is 12.5. The van der Waals surface area contributed by atoms with Crippen LogP contribution in [-0.4, -0.2) is 29.7 Å². The highest BCUT2D eigenvalue weighted by molar-refractivity contribution is 7.92. The number of hydrogen-bond donors (Lipinski definition) is 1. The molecule has 2 aromatic heterocycles. The molecule has 0 aliphatic rings. The van der Waals surface area contributed by atoms with Crippen molar-refractivity contribution in [3.8, 4) is 10.7 Å². The van der Waals surface area contributed by atoms with Gasteiger partial charge in [0.05, 0.1) is 4.88 Å². The maximum atomic E-state index is 12.5. The summed E-state index contributed by atoms with van der Waals surface area (Å²) in [5.74, 6) is -0.791. The van der Waals surface area contributed by atoms with Crippen molar-refractivity contribution in [1.29, 1.82) is 0 Å². The lowest BCUT2D eigenvalue weighted by Crippen LogP contribution is -2.33. The molecule has 0 saturated carbocycles. The maximum Gasteiger partial charge on any atom is 0.242 e. The highest BCUT2D eigenvalue weighted by Crippen LogP contribution is 2.22. The van der Waals surface area contributed by atoms with Crippen LogP contribution >= 0.6 is 11.3 Å². The lowest BCUT2D eigenvalue weighted by atomic mass is 10.1. The van der Waals surface area contributed by atoms with Gasteiger partial charge in [0.25, 0.3) is 0 Å².